The summed E-state index contributed by atoms with van der Waals surface area (Å²) < 4.78 is 22.2. The van der Waals surface area contributed by atoms with Gasteiger partial charge in [0.05, 0.1) is 13.2 Å². The van der Waals surface area contributed by atoms with E-state index < -0.39 is 17.2 Å². The van der Waals surface area contributed by atoms with E-state index >= 15 is 0 Å². The average Bonchev–Trinajstić information content (AvgIpc) is 2.85. The molecular formula is C14H17N5O3S. The van der Waals surface area contributed by atoms with Crippen molar-refractivity contribution in [2.45, 2.75) is 6.92 Å². The van der Waals surface area contributed by atoms with Gasteiger partial charge in [0, 0.05) is 23.2 Å². The molecule has 122 valence electrons. The molecule has 2 heterocycles. The Morgan fingerprint density at radius 1 is 1.35 bits per heavy atom. The van der Waals surface area contributed by atoms with Crippen molar-refractivity contribution in [1.82, 2.24) is 8.33 Å². The molecule has 2 N–H and O–H groups in total. The van der Waals surface area contributed by atoms with Crippen LogP contribution in [0.15, 0.2) is 24.3 Å². The van der Waals surface area contributed by atoms with E-state index in [1.165, 1.54) is 0 Å². The molecular weight excluding hydrogens is 318 g/mol. The Balaban J connectivity index is 1.84. The van der Waals surface area contributed by atoms with Gasteiger partial charge < -0.3 is 19.5 Å². The highest BCUT2D eigenvalue weighted by Crippen LogP contribution is 2.16. The van der Waals surface area contributed by atoms with Gasteiger partial charge in [0.1, 0.15) is 0 Å². The zero-order valence-electron chi connectivity index (χ0n) is 12.6. The summed E-state index contributed by atoms with van der Waals surface area (Å²) >= 11 is -1.93. The lowest BCUT2D eigenvalue weighted by Gasteiger charge is -2.25. The van der Waals surface area contributed by atoms with Crippen molar-refractivity contribution in [3.63, 3.8) is 0 Å². The third-order valence-electron chi connectivity index (χ3n) is 3.53. The second-order valence-corrected chi connectivity index (χ2v) is 6.19. The highest BCUT2D eigenvalue weighted by Gasteiger charge is 2.26. The first-order valence-electron chi connectivity index (χ1n) is 7.16. The number of hydrogen-bond acceptors (Lipinski definition) is 6. The first-order chi connectivity index (χ1) is 11.1. The topological polar surface area (TPSA) is 106 Å². The minimum absolute atomic E-state index is 0.158. The minimum atomic E-state index is -1.93. The smallest absolute Gasteiger partial charge is 0.374 e. The monoisotopic (exact) mass is 335 g/mol. The molecule has 1 fully saturated rings. The zero-order chi connectivity index (χ0) is 16.4. The van der Waals surface area contributed by atoms with Gasteiger partial charge in [-0.1, -0.05) is 17.7 Å². The molecule has 0 bridgehead atoms. The van der Waals surface area contributed by atoms with Gasteiger partial charge in [-0.2, -0.15) is 0 Å². The SMILES string of the molecule is Cc1ccc(NC(=O)n2c(=N)c(N3CCOCC3)n[s+]2[O-])cc1. The molecule has 1 saturated heterocycles. The van der Waals surface area contributed by atoms with Gasteiger partial charge in [-0.05, 0) is 23.0 Å². The Morgan fingerprint density at radius 2 is 2.00 bits per heavy atom. The van der Waals surface area contributed by atoms with Crippen LogP contribution in [-0.2, 0) is 4.74 Å². The highest BCUT2D eigenvalue weighted by molar-refractivity contribution is 7.15. The molecule has 1 aliphatic heterocycles. The number of morpholine rings is 1. The molecule has 1 aliphatic rings. The number of rotatable bonds is 2. The van der Waals surface area contributed by atoms with Crippen molar-refractivity contribution in [1.29, 1.82) is 5.41 Å². The summed E-state index contributed by atoms with van der Waals surface area (Å²) in [6.45, 7) is 4.11. The summed E-state index contributed by atoms with van der Waals surface area (Å²) in [5.74, 6) is 0.269. The molecule has 0 radical (unpaired) electrons. The van der Waals surface area contributed by atoms with E-state index in [2.05, 4.69) is 9.69 Å². The van der Waals surface area contributed by atoms with E-state index in [0.29, 0.717) is 32.0 Å². The highest BCUT2D eigenvalue weighted by atomic mass is 32.2. The third-order valence-corrected chi connectivity index (χ3v) is 4.52. The van der Waals surface area contributed by atoms with E-state index in [-0.39, 0.29) is 11.3 Å². The van der Waals surface area contributed by atoms with Crippen LogP contribution in [0.4, 0.5) is 16.3 Å². The van der Waals surface area contributed by atoms with E-state index in [0.717, 1.165) is 9.52 Å². The number of amides is 1. The van der Waals surface area contributed by atoms with Crippen LogP contribution in [0.2, 0.25) is 0 Å². The van der Waals surface area contributed by atoms with Gasteiger partial charge in [-0.3, -0.25) is 5.41 Å². The van der Waals surface area contributed by atoms with Crippen LogP contribution in [0.5, 0.6) is 0 Å². The Morgan fingerprint density at radius 3 is 2.65 bits per heavy atom. The quantitative estimate of drug-likeness (QED) is 0.805. The first kappa shape index (κ1) is 15.7. The molecule has 0 spiro atoms. The Labute approximate surface area is 135 Å². The predicted octanol–water partition coefficient (Wildman–Crippen LogP) is 1.32. The number of ether oxygens (including phenoxy) is 1. The number of nitrogens with one attached hydrogen (secondary N) is 2. The number of anilines is 2. The van der Waals surface area contributed by atoms with E-state index in [9.17, 15) is 9.35 Å². The standard InChI is InChI=1S/C14H17N5O3S/c1-10-2-4-11(5-3-10)16-14(20)19-12(15)13(17-23(19)21)18-6-8-22-9-7-18/h2-5,15H,6-9H2,1H3,(H,16,20). The van der Waals surface area contributed by atoms with Crippen LogP contribution >= 0.6 is 11.1 Å². The lowest BCUT2D eigenvalue weighted by molar-refractivity contribution is 0.122. The fourth-order valence-corrected chi connectivity index (χ4v) is 3.15. The van der Waals surface area contributed by atoms with E-state index in [1.54, 1.807) is 12.1 Å². The minimum Gasteiger partial charge on any atom is -0.547 e. The number of carbonyl (C=O) groups excluding carboxylic acids is 1. The van der Waals surface area contributed by atoms with Crippen molar-refractivity contribution in [2.24, 2.45) is 0 Å². The first-order valence-corrected chi connectivity index (χ1v) is 8.23. The van der Waals surface area contributed by atoms with Gasteiger partial charge in [-0.15, -0.1) is 0 Å². The van der Waals surface area contributed by atoms with Crippen LogP contribution in [-0.4, -0.2) is 45.2 Å². The number of aryl methyl sites for hydroxylation is 1. The Hall–Kier alpha value is -2.23. The van der Waals surface area contributed by atoms with Gasteiger partial charge in [0.2, 0.25) is 11.3 Å². The Bertz CT molecular complexity index is 762. The summed E-state index contributed by atoms with van der Waals surface area (Å²) in [7, 11) is 0. The van der Waals surface area contributed by atoms with Gasteiger partial charge in [-0.25, -0.2) is 4.79 Å². The number of aromatic nitrogens is 2. The maximum absolute atomic E-state index is 12.3. The van der Waals surface area contributed by atoms with Gasteiger partial charge in [0.25, 0.3) is 0 Å². The number of carbonyl (C=O) groups is 1. The molecule has 1 aromatic carbocycles. The van der Waals surface area contributed by atoms with E-state index in [4.69, 9.17) is 10.1 Å². The van der Waals surface area contributed by atoms with Crippen molar-refractivity contribution in [3.05, 3.63) is 35.3 Å². The predicted molar refractivity (Wildman–Crippen MR) is 85.4 cm³/mol. The molecule has 1 amide bonds. The zero-order valence-corrected chi connectivity index (χ0v) is 13.4. The maximum Gasteiger partial charge on any atom is 0.374 e. The molecule has 1 unspecified atom stereocenters. The normalized spacial score (nSPS) is 15.6. The summed E-state index contributed by atoms with van der Waals surface area (Å²) in [4.78, 5) is 14.1. The van der Waals surface area contributed by atoms with Crippen molar-refractivity contribution >= 4 is 28.7 Å². The van der Waals surface area contributed by atoms with Crippen molar-refractivity contribution < 1.29 is 14.1 Å². The molecule has 0 aliphatic carbocycles. The molecule has 1 atom stereocenters. The number of nitrogens with zero attached hydrogens (tertiary/aromatic N) is 3. The second-order valence-electron chi connectivity index (χ2n) is 5.18. The Kier molecular flexibility index (Phi) is 4.42. The summed E-state index contributed by atoms with van der Waals surface area (Å²) in [5.41, 5.74) is 1.48. The summed E-state index contributed by atoms with van der Waals surface area (Å²) in [6, 6.07) is 6.58. The number of benzene rings is 1. The maximum atomic E-state index is 12.3. The van der Waals surface area contributed by atoms with Crippen LogP contribution in [0, 0.1) is 12.3 Å². The average molecular weight is 335 g/mol. The molecule has 23 heavy (non-hydrogen) atoms. The molecule has 1 aromatic heterocycles. The largest absolute Gasteiger partial charge is 0.547 e. The lowest BCUT2D eigenvalue weighted by Crippen LogP contribution is -2.40. The summed E-state index contributed by atoms with van der Waals surface area (Å²) in [5, 5.41) is 10.8. The van der Waals surface area contributed by atoms with E-state index in [1.807, 2.05) is 24.0 Å². The number of hydrogen-bond donors (Lipinski definition) is 2. The van der Waals surface area contributed by atoms with Crippen LogP contribution in [0.25, 0.3) is 0 Å². The van der Waals surface area contributed by atoms with Crippen molar-refractivity contribution in [2.75, 3.05) is 36.5 Å². The lowest BCUT2D eigenvalue weighted by atomic mass is 10.2. The van der Waals surface area contributed by atoms with Crippen molar-refractivity contribution in [3.8, 4) is 0 Å². The van der Waals surface area contributed by atoms with Crippen LogP contribution < -0.4 is 15.7 Å². The molecule has 8 nitrogen and oxygen atoms in total. The van der Waals surface area contributed by atoms with Gasteiger partial charge >= 0.3 is 6.03 Å². The third kappa shape index (κ3) is 3.26. The van der Waals surface area contributed by atoms with Crippen LogP contribution in [0.3, 0.4) is 0 Å². The molecule has 0 saturated carbocycles. The molecule has 2 aromatic rings. The fourth-order valence-electron chi connectivity index (χ4n) is 2.29. The summed E-state index contributed by atoms with van der Waals surface area (Å²) in [6.07, 6.45) is 0. The van der Waals surface area contributed by atoms with Gasteiger partial charge in [0.15, 0.2) is 11.1 Å². The fraction of sp³-hybridized carbons (Fsp3) is 0.357. The van der Waals surface area contributed by atoms with Crippen LogP contribution in [0.1, 0.15) is 5.56 Å². The molecule has 9 heteroatoms. The molecule has 3 rings (SSSR count). The second kappa shape index (κ2) is 6.49.